The van der Waals surface area contributed by atoms with Crippen molar-refractivity contribution in [2.45, 2.75) is 6.92 Å². The highest BCUT2D eigenvalue weighted by Crippen LogP contribution is 2.26. The Balaban J connectivity index is 1.64. The highest BCUT2D eigenvalue weighted by Gasteiger charge is 2.07. The van der Waals surface area contributed by atoms with Crippen LogP contribution >= 0.6 is 15.9 Å². The summed E-state index contributed by atoms with van der Waals surface area (Å²) in [5.74, 6) is 0.288. The van der Waals surface area contributed by atoms with E-state index in [4.69, 9.17) is 4.74 Å². The fourth-order valence-electron chi connectivity index (χ4n) is 2.49. The van der Waals surface area contributed by atoms with Crippen LogP contribution < -0.4 is 10.2 Å². The van der Waals surface area contributed by atoms with Crippen LogP contribution in [0.25, 0.3) is 10.8 Å². The van der Waals surface area contributed by atoms with Gasteiger partial charge < -0.3 is 9.84 Å². The van der Waals surface area contributed by atoms with Crippen molar-refractivity contribution in [1.82, 2.24) is 5.43 Å². The van der Waals surface area contributed by atoms with Crippen LogP contribution in [0, 0.1) is 6.92 Å². The molecule has 0 radical (unpaired) electrons. The number of aryl methyl sites for hydroxylation is 1. The van der Waals surface area contributed by atoms with Crippen LogP contribution in [0.2, 0.25) is 0 Å². The van der Waals surface area contributed by atoms with Gasteiger partial charge in [0.25, 0.3) is 5.91 Å². The Labute approximate surface area is 159 Å². The van der Waals surface area contributed by atoms with Crippen molar-refractivity contribution in [2.75, 3.05) is 6.61 Å². The van der Waals surface area contributed by atoms with Crippen LogP contribution in [0.5, 0.6) is 11.5 Å². The number of fused-ring (bicyclic) bond motifs is 1. The van der Waals surface area contributed by atoms with Gasteiger partial charge in [0.05, 0.1) is 10.7 Å². The van der Waals surface area contributed by atoms with E-state index in [2.05, 4.69) is 26.5 Å². The van der Waals surface area contributed by atoms with E-state index < -0.39 is 5.91 Å². The predicted octanol–water partition coefficient (Wildman–Crippen LogP) is 4.15. The number of hydrazone groups is 1. The first-order chi connectivity index (χ1) is 12.5. The zero-order valence-electron chi connectivity index (χ0n) is 14.1. The number of rotatable bonds is 5. The summed E-state index contributed by atoms with van der Waals surface area (Å²) < 4.78 is 6.25. The van der Waals surface area contributed by atoms with Gasteiger partial charge in [-0.1, -0.05) is 36.4 Å². The highest BCUT2D eigenvalue weighted by atomic mass is 79.9. The first-order valence-corrected chi connectivity index (χ1v) is 8.75. The monoisotopic (exact) mass is 412 g/mol. The molecule has 0 saturated carbocycles. The highest BCUT2D eigenvalue weighted by molar-refractivity contribution is 9.10. The number of ether oxygens (including phenoxy) is 1. The molecule has 0 aliphatic carbocycles. The third-order valence-electron chi connectivity index (χ3n) is 3.78. The van der Waals surface area contributed by atoms with Gasteiger partial charge in [-0.25, -0.2) is 5.43 Å². The minimum atomic E-state index is -0.395. The number of phenols is 1. The molecule has 0 unspecified atom stereocenters. The van der Waals surface area contributed by atoms with E-state index in [1.807, 2.05) is 49.4 Å². The SMILES string of the molecule is Cc1ccc(OCC(=O)NN=Cc2c(O)ccc3ccccc23)c(Br)c1. The molecule has 26 heavy (non-hydrogen) atoms. The standard InChI is InChI=1S/C20H17BrN2O3/c1-13-6-9-19(17(21)10-13)26-12-20(25)23-22-11-16-15-5-3-2-4-14(15)7-8-18(16)24/h2-11,24H,12H2,1H3,(H,23,25). The lowest BCUT2D eigenvalue weighted by atomic mass is 10.0. The molecule has 0 atom stereocenters. The van der Waals surface area contributed by atoms with Crippen LogP contribution in [0.4, 0.5) is 0 Å². The maximum Gasteiger partial charge on any atom is 0.277 e. The summed E-state index contributed by atoms with van der Waals surface area (Å²) in [7, 11) is 0. The Morgan fingerprint density at radius 1 is 1.23 bits per heavy atom. The van der Waals surface area contributed by atoms with Crippen molar-refractivity contribution >= 4 is 38.8 Å². The second-order valence-electron chi connectivity index (χ2n) is 5.74. The van der Waals surface area contributed by atoms with E-state index in [9.17, 15) is 9.90 Å². The van der Waals surface area contributed by atoms with Crippen LogP contribution in [0.3, 0.4) is 0 Å². The van der Waals surface area contributed by atoms with Crippen LogP contribution in [-0.4, -0.2) is 23.8 Å². The number of phenolic OH excluding ortho intramolecular Hbond substituents is 1. The van der Waals surface area contributed by atoms with E-state index in [1.165, 1.54) is 6.21 Å². The smallest absolute Gasteiger partial charge is 0.277 e. The van der Waals surface area contributed by atoms with E-state index in [0.29, 0.717) is 11.3 Å². The minimum Gasteiger partial charge on any atom is -0.507 e. The second-order valence-corrected chi connectivity index (χ2v) is 6.59. The maximum absolute atomic E-state index is 11.9. The summed E-state index contributed by atoms with van der Waals surface area (Å²) in [4.78, 5) is 11.9. The molecule has 0 aromatic heterocycles. The van der Waals surface area contributed by atoms with Gasteiger partial charge in [-0.2, -0.15) is 5.10 Å². The number of carbonyl (C=O) groups excluding carboxylic acids is 1. The normalized spacial score (nSPS) is 11.0. The molecule has 0 aliphatic rings. The van der Waals surface area contributed by atoms with Crippen LogP contribution in [-0.2, 0) is 4.79 Å². The number of halogens is 1. The van der Waals surface area contributed by atoms with Gasteiger partial charge in [0, 0.05) is 5.56 Å². The number of aromatic hydroxyl groups is 1. The van der Waals surface area contributed by atoms with Crippen molar-refractivity contribution < 1.29 is 14.6 Å². The van der Waals surface area contributed by atoms with Crippen molar-refractivity contribution in [3.05, 3.63) is 70.2 Å². The molecule has 0 spiro atoms. The number of hydrogen-bond donors (Lipinski definition) is 2. The Kier molecular flexibility index (Phi) is 5.53. The van der Waals surface area contributed by atoms with Gasteiger partial charge in [-0.05, 0) is 57.4 Å². The van der Waals surface area contributed by atoms with Gasteiger partial charge in [0.2, 0.25) is 0 Å². The average molecular weight is 413 g/mol. The van der Waals surface area contributed by atoms with Gasteiger partial charge in [0.1, 0.15) is 11.5 Å². The number of amides is 1. The van der Waals surface area contributed by atoms with Crippen molar-refractivity contribution in [3.8, 4) is 11.5 Å². The molecule has 0 saturated heterocycles. The van der Waals surface area contributed by atoms with Gasteiger partial charge >= 0.3 is 0 Å². The molecule has 132 valence electrons. The van der Waals surface area contributed by atoms with Gasteiger partial charge in [-0.3, -0.25) is 4.79 Å². The second kappa shape index (κ2) is 8.01. The predicted molar refractivity (Wildman–Crippen MR) is 106 cm³/mol. The number of carbonyl (C=O) groups is 1. The lowest BCUT2D eigenvalue weighted by Crippen LogP contribution is -2.24. The van der Waals surface area contributed by atoms with Crippen LogP contribution in [0.15, 0.2) is 64.2 Å². The maximum atomic E-state index is 11.9. The molecule has 0 bridgehead atoms. The zero-order chi connectivity index (χ0) is 18.5. The summed E-state index contributed by atoms with van der Waals surface area (Å²) in [6.45, 7) is 1.80. The molecule has 1 amide bonds. The molecule has 2 N–H and O–H groups in total. The summed E-state index contributed by atoms with van der Waals surface area (Å²) in [6.07, 6.45) is 1.43. The number of nitrogens with one attached hydrogen (secondary N) is 1. The fraction of sp³-hybridized carbons (Fsp3) is 0.100. The van der Waals surface area contributed by atoms with E-state index in [0.717, 1.165) is 20.8 Å². The Bertz CT molecular complexity index is 986. The van der Waals surface area contributed by atoms with Crippen molar-refractivity contribution in [2.24, 2.45) is 5.10 Å². The van der Waals surface area contributed by atoms with E-state index in [-0.39, 0.29) is 12.4 Å². The van der Waals surface area contributed by atoms with Crippen molar-refractivity contribution in [3.63, 3.8) is 0 Å². The average Bonchev–Trinajstić information content (AvgIpc) is 2.63. The fourth-order valence-corrected chi connectivity index (χ4v) is 3.09. The number of hydrogen-bond acceptors (Lipinski definition) is 4. The molecule has 0 fully saturated rings. The van der Waals surface area contributed by atoms with Gasteiger partial charge in [0.15, 0.2) is 6.61 Å². The number of benzene rings is 3. The van der Waals surface area contributed by atoms with E-state index >= 15 is 0 Å². The molecule has 0 aliphatic heterocycles. The molecule has 5 nitrogen and oxygen atoms in total. The Hall–Kier alpha value is -2.86. The summed E-state index contributed by atoms with van der Waals surface area (Å²) in [5, 5.41) is 15.8. The van der Waals surface area contributed by atoms with Crippen LogP contribution in [0.1, 0.15) is 11.1 Å². The quantitative estimate of drug-likeness (QED) is 0.488. The lowest BCUT2D eigenvalue weighted by Gasteiger charge is -2.08. The third-order valence-corrected chi connectivity index (χ3v) is 4.40. The summed E-state index contributed by atoms with van der Waals surface area (Å²) >= 11 is 3.40. The largest absolute Gasteiger partial charge is 0.507 e. The summed E-state index contributed by atoms with van der Waals surface area (Å²) in [6, 6.07) is 16.7. The first-order valence-electron chi connectivity index (χ1n) is 7.96. The van der Waals surface area contributed by atoms with E-state index in [1.54, 1.807) is 12.1 Å². The molecule has 3 rings (SSSR count). The molecule has 3 aromatic carbocycles. The van der Waals surface area contributed by atoms with Crippen molar-refractivity contribution in [1.29, 1.82) is 0 Å². The molecule has 0 heterocycles. The zero-order valence-corrected chi connectivity index (χ0v) is 15.7. The first kappa shape index (κ1) is 17.9. The Morgan fingerprint density at radius 3 is 2.85 bits per heavy atom. The van der Waals surface area contributed by atoms with Gasteiger partial charge in [-0.15, -0.1) is 0 Å². The molecule has 6 heteroatoms. The Morgan fingerprint density at radius 2 is 2.04 bits per heavy atom. The number of nitrogens with zero attached hydrogens (tertiary/aromatic N) is 1. The molecular weight excluding hydrogens is 396 g/mol. The lowest BCUT2D eigenvalue weighted by molar-refractivity contribution is -0.123. The topological polar surface area (TPSA) is 70.9 Å². The molecule has 3 aromatic rings. The summed E-state index contributed by atoms with van der Waals surface area (Å²) in [5.41, 5.74) is 4.04. The minimum absolute atomic E-state index is 0.0986. The third kappa shape index (κ3) is 4.21. The molecular formula is C20H17BrN2O3.